The third-order valence-electron chi connectivity index (χ3n) is 9.27. The van der Waals surface area contributed by atoms with Crippen molar-refractivity contribution in [3.63, 3.8) is 0 Å². The van der Waals surface area contributed by atoms with Crippen molar-refractivity contribution in [2.75, 3.05) is 0 Å². The number of ether oxygens (including phenoxy) is 1. The van der Waals surface area contributed by atoms with E-state index in [9.17, 15) is 24.3 Å². The summed E-state index contributed by atoms with van der Waals surface area (Å²) in [5, 5.41) is 9.50. The van der Waals surface area contributed by atoms with E-state index in [-0.39, 0.29) is 73.4 Å². The number of carboxylic acid groups (broad SMARTS) is 1. The molecule has 4 atom stereocenters. The summed E-state index contributed by atoms with van der Waals surface area (Å²) in [6, 6.07) is 5.53. The van der Waals surface area contributed by atoms with Crippen LogP contribution in [0.15, 0.2) is 18.2 Å². The van der Waals surface area contributed by atoms with E-state index in [2.05, 4.69) is 13.8 Å². The van der Waals surface area contributed by atoms with Gasteiger partial charge in [-0.1, -0.05) is 50.1 Å². The molecule has 0 aliphatic carbocycles. The zero-order valence-corrected chi connectivity index (χ0v) is 26.8. The Balaban J connectivity index is 0.00000384. The van der Waals surface area contributed by atoms with Crippen molar-refractivity contribution in [1.29, 1.82) is 0 Å². The summed E-state index contributed by atoms with van der Waals surface area (Å²) in [7, 11) is 0. The Morgan fingerprint density at radius 3 is 2.11 bits per heavy atom. The molecule has 0 saturated carbocycles. The fourth-order valence-electron chi connectivity index (χ4n) is 6.84. The molecule has 6 rings (SSSR count). The molecule has 0 saturated heterocycles. The summed E-state index contributed by atoms with van der Waals surface area (Å²) in [4.78, 5) is 70.3. The summed E-state index contributed by atoms with van der Waals surface area (Å²) < 4.78 is 5.22. The van der Waals surface area contributed by atoms with Crippen LogP contribution in [-0.2, 0) is 30.0 Å². The Bertz CT molecular complexity index is 1920. The third-order valence-corrected chi connectivity index (χ3v) is 9.27. The molecule has 3 aromatic heterocycles. The number of Topliss-reactive ketones (excluding diaryl/α,β-unsaturated/α-hetero) is 1. The zero-order valence-electron chi connectivity index (χ0n) is 25.3. The first kappa shape index (κ1) is 31.5. The maximum absolute atomic E-state index is 13.4. The fraction of sp³-hybridized carbons (Fsp3) is 0.394. The van der Waals surface area contributed by atoms with Crippen LogP contribution in [0.1, 0.15) is 136 Å². The van der Waals surface area contributed by atoms with Gasteiger partial charge in [0.05, 0.1) is 11.3 Å². The monoisotopic (exact) mass is 686 g/mol. The van der Waals surface area contributed by atoms with Gasteiger partial charge in [0.2, 0.25) is 0 Å². The minimum absolute atomic E-state index is 0. The number of ketones is 1. The molecule has 3 aliphatic rings. The van der Waals surface area contributed by atoms with Gasteiger partial charge in [-0.05, 0) is 33.6 Å². The first-order valence-electron chi connectivity index (χ1n) is 14.6. The Hall–Kier alpha value is -3.94. The molecule has 3 aromatic rings. The molecule has 0 radical (unpaired) electrons. The summed E-state index contributed by atoms with van der Waals surface area (Å²) >= 11 is 0. The van der Waals surface area contributed by atoms with Crippen molar-refractivity contribution in [1.82, 2.24) is 19.9 Å². The predicted octanol–water partition coefficient (Wildman–Crippen LogP) is 5.75. The summed E-state index contributed by atoms with van der Waals surface area (Å²) in [5.74, 6) is -3.36. The second-order valence-electron chi connectivity index (χ2n) is 11.8. The Kier molecular flexibility index (Phi) is 8.25. The third kappa shape index (κ3) is 4.92. The van der Waals surface area contributed by atoms with Crippen LogP contribution in [0.4, 0.5) is 0 Å². The molecule has 11 heteroatoms. The number of esters is 2. The number of fused-ring (bicyclic) bond motifs is 8. The van der Waals surface area contributed by atoms with Crippen molar-refractivity contribution >= 4 is 45.8 Å². The largest absolute Gasteiger partial charge is 2.00 e. The molecule has 6 heterocycles. The average Bonchev–Trinajstić information content (AvgIpc) is 3.61. The fourth-order valence-corrected chi connectivity index (χ4v) is 6.84. The van der Waals surface area contributed by atoms with E-state index in [1.807, 2.05) is 26.0 Å². The van der Waals surface area contributed by atoms with Gasteiger partial charge < -0.3 is 19.8 Å². The van der Waals surface area contributed by atoms with Gasteiger partial charge >= 0.3 is 38.3 Å². The summed E-state index contributed by atoms with van der Waals surface area (Å²) in [6.45, 7) is 11.2. The predicted molar refractivity (Wildman–Crippen MR) is 158 cm³/mol. The summed E-state index contributed by atoms with van der Waals surface area (Å²) in [6.07, 6.45) is 0.871. The van der Waals surface area contributed by atoms with Crippen LogP contribution >= 0.6 is 0 Å². The first-order valence-corrected chi connectivity index (χ1v) is 14.6. The van der Waals surface area contributed by atoms with Gasteiger partial charge in [0, 0.05) is 58.3 Å². The number of aromatic nitrogens is 4. The van der Waals surface area contributed by atoms with Crippen LogP contribution < -0.4 is 9.97 Å². The van der Waals surface area contributed by atoms with E-state index in [1.54, 1.807) is 13.0 Å². The van der Waals surface area contributed by atoms with E-state index >= 15 is 0 Å². The van der Waals surface area contributed by atoms with Crippen molar-refractivity contribution in [2.24, 2.45) is 0 Å². The number of cyclic esters (lactones) is 2. The van der Waals surface area contributed by atoms with Crippen molar-refractivity contribution in [3.05, 3.63) is 68.8 Å². The van der Waals surface area contributed by atoms with Gasteiger partial charge in [0.25, 0.3) is 0 Å². The number of hydrogen-bond acceptors (Lipinski definition) is 7. The van der Waals surface area contributed by atoms with Crippen LogP contribution in [0.3, 0.4) is 0 Å². The normalized spacial score (nSPS) is 20.7. The van der Waals surface area contributed by atoms with Crippen molar-refractivity contribution in [2.45, 2.75) is 84.5 Å². The van der Waals surface area contributed by atoms with Gasteiger partial charge in [0.1, 0.15) is 0 Å². The summed E-state index contributed by atoms with van der Waals surface area (Å²) in [5.41, 5.74) is 6.37. The molecule has 0 spiro atoms. The van der Waals surface area contributed by atoms with E-state index in [0.717, 1.165) is 17.8 Å². The van der Waals surface area contributed by atoms with E-state index in [4.69, 9.17) is 24.7 Å². The minimum atomic E-state index is -0.971. The minimum Gasteiger partial charge on any atom is -0.657 e. The standard InChI is InChI=1S/C33H34N4O6.Pd/c1-7-18-13(2)20-12-25-27(17(6)38)15(4)22(35-25)10-21-14(3)19(8-9-26(39)40)30(36-21)29-31-28(32(41)43-33(29)42)16(5)23(37-31)11-24(18)34-20;/h10-14,18-19H,7-9H2,1-6H3,(H3,34,35,36,37,38,39,40,41,42);/q;+2/p-2/t13?,14?,18-,19+;/m1./s1. The van der Waals surface area contributed by atoms with E-state index < -0.39 is 23.8 Å². The van der Waals surface area contributed by atoms with Crippen LogP contribution in [0.25, 0.3) is 22.1 Å². The zero-order chi connectivity index (χ0) is 30.9. The number of aliphatic carboxylic acids is 1. The number of rotatable bonds is 5. The van der Waals surface area contributed by atoms with Crippen LogP contribution in [0.2, 0.25) is 0 Å². The molecule has 3 aliphatic heterocycles. The first-order chi connectivity index (χ1) is 20.4. The second-order valence-corrected chi connectivity index (χ2v) is 11.8. The molecule has 0 fully saturated rings. The van der Waals surface area contributed by atoms with Gasteiger partial charge in [-0.3, -0.25) is 19.6 Å². The smallest absolute Gasteiger partial charge is 0.657 e. The maximum Gasteiger partial charge on any atom is 2.00 e. The number of aryl methyl sites for hydroxylation is 2. The molecule has 10 nitrogen and oxygen atoms in total. The SMILES string of the molecule is CC[C@H]1c2cc3[n-]c4c(c5nc(cc6[n-]c(cc(n2)C1C)c(C(C)=O)c6C)C(C)[C@@H]5CCC(=O)O)C(=O)OC(=O)c4c3C.[Pd+2]. The molecule has 1 N–H and O–H groups in total. The number of hydrogen-bond donors (Lipinski definition) is 1. The van der Waals surface area contributed by atoms with Gasteiger partial charge in [0.15, 0.2) is 5.78 Å². The molecule has 2 unspecified atom stereocenters. The van der Waals surface area contributed by atoms with E-state index in [1.165, 1.54) is 6.92 Å². The van der Waals surface area contributed by atoms with Crippen LogP contribution in [-0.4, -0.2) is 38.8 Å². The van der Waals surface area contributed by atoms with Gasteiger partial charge in [-0.2, -0.15) is 0 Å². The molecular formula is C33H32N4O6Pd. The average molecular weight is 687 g/mol. The van der Waals surface area contributed by atoms with Crippen LogP contribution in [0, 0.1) is 13.8 Å². The number of carboxylic acids is 1. The molecule has 8 bridgehead atoms. The van der Waals surface area contributed by atoms with Gasteiger partial charge in [-0.15, -0.1) is 22.1 Å². The van der Waals surface area contributed by atoms with Crippen molar-refractivity contribution in [3.8, 4) is 0 Å². The molecule has 230 valence electrons. The maximum atomic E-state index is 13.4. The molecule has 0 aromatic carbocycles. The topological polar surface area (TPSA) is 152 Å². The Morgan fingerprint density at radius 1 is 0.864 bits per heavy atom. The molecule has 44 heavy (non-hydrogen) atoms. The Morgan fingerprint density at radius 2 is 1.45 bits per heavy atom. The molecular weight excluding hydrogens is 655 g/mol. The number of carbonyl (C=O) groups is 4. The van der Waals surface area contributed by atoms with Crippen LogP contribution in [0.5, 0.6) is 0 Å². The van der Waals surface area contributed by atoms with E-state index in [0.29, 0.717) is 44.6 Å². The second kappa shape index (κ2) is 11.5. The van der Waals surface area contributed by atoms with Gasteiger partial charge in [-0.25, -0.2) is 9.59 Å². The number of nitrogens with zero attached hydrogens (tertiary/aromatic N) is 4. The molecule has 0 amide bonds. The number of carbonyl (C=O) groups excluding carboxylic acids is 3. The Labute approximate surface area is 267 Å². The van der Waals surface area contributed by atoms with Crippen molar-refractivity contribution < 1.29 is 49.4 Å². The quantitative estimate of drug-likeness (QED) is 0.152.